The topological polar surface area (TPSA) is 89.0 Å². The number of methoxy groups -OCH3 is 2. The van der Waals surface area contributed by atoms with Gasteiger partial charge in [-0.05, 0) is 54.3 Å². The van der Waals surface area contributed by atoms with Gasteiger partial charge in [-0.25, -0.2) is 4.98 Å². The molecule has 2 aromatic heterocycles. The molecule has 0 bridgehead atoms. The number of aryl methyl sites for hydroxylation is 1. The number of aliphatic hydroxyl groups excluding tert-OH is 1. The van der Waals surface area contributed by atoms with E-state index in [0.29, 0.717) is 32.0 Å². The van der Waals surface area contributed by atoms with Gasteiger partial charge in [0, 0.05) is 9.90 Å². The van der Waals surface area contributed by atoms with E-state index in [4.69, 9.17) is 21.1 Å². The summed E-state index contributed by atoms with van der Waals surface area (Å²) in [7, 11) is 2.96. The van der Waals surface area contributed by atoms with Crippen LogP contribution in [0.3, 0.4) is 0 Å². The number of anilines is 1. The lowest BCUT2D eigenvalue weighted by Crippen LogP contribution is -2.28. The highest BCUT2D eigenvalue weighted by atomic mass is 35.5. The first-order valence-corrected chi connectivity index (χ1v) is 12.5. The van der Waals surface area contributed by atoms with E-state index in [9.17, 15) is 14.7 Å². The molecule has 1 amide bonds. The summed E-state index contributed by atoms with van der Waals surface area (Å²) in [6.45, 7) is 1.89. The van der Waals surface area contributed by atoms with Gasteiger partial charge in [0.25, 0.3) is 5.78 Å². The molecule has 1 unspecified atom stereocenters. The van der Waals surface area contributed by atoms with Gasteiger partial charge in [0.2, 0.25) is 0 Å². The van der Waals surface area contributed by atoms with Crippen LogP contribution in [0.1, 0.15) is 22.0 Å². The third kappa shape index (κ3) is 3.85. The predicted octanol–water partition coefficient (Wildman–Crippen LogP) is 5.96. The number of ketones is 1. The normalized spacial score (nSPS) is 17.4. The minimum absolute atomic E-state index is 0.0440. The Labute approximate surface area is 213 Å². The van der Waals surface area contributed by atoms with Gasteiger partial charge < -0.3 is 14.6 Å². The number of ether oxygens (including phenoxy) is 2. The number of Topliss-reactive ketones (excluding diaryl/α,β-unsaturated/α-hetero) is 1. The molecule has 1 aliphatic rings. The number of nitrogens with zero attached hydrogens (tertiary/aromatic N) is 2. The molecule has 35 heavy (non-hydrogen) atoms. The molecule has 0 saturated carbocycles. The molecule has 0 spiro atoms. The van der Waals surface area contributed by atoms with Gasteiger partial charge in [-0.3, -0.25) is 14.5 Å². The van der Waals surface area contributed by atoms with Crippen LogP contribution in [0.5, 0.6) is 11.5 Å². The number of thiazole rings is 1. The third-order valence-electron chi connectivity index (χ3n) is 5.78. The SMILES string of the molecule is COc1ccc(OC)c(/C(O)=C2\C(=O)C(=O)N(c3nc4cc(Cl)c(C)cc4s3)C2c2cccs2)c1. The fraction of sp³-hybridized carbons (Fsp3) is 0.160. The van der Waals surface area contributed by atoms with Crippen LogP contribution in [0.2, 0.25) is 5.02 Å². The highest BCUT2D eigenvalue weighted by Gasteiger charge is 2.49. The van der Waals surface area contributed by atoms with Crippen molar-refractivity contribution in [1.29, 1.82) is 0 Å². The molecule has 0 aliphatic carbocycles. The molecule has 7 nitrogen and oxygen atoms in total. The number of fused-ring (bicyclic) bond motifs is 1. The van der Waals surface area contributed by atoms with Crippen molar-refractivity contribution in [3.8, 4) is 11.5 Å². The van der Waals surface area contributed by atoms with Crippen LogP contribution >= 0.6 is 34.3 Å². The Hall–Kier alpha value is -3.40. The maximum atomic E-state index is 13.4. The zero-order valence-corrected chi connectivity index (χ0v) is 21.3. The van der Waals surface area contributed by atoms with Gasteiger partial charge in [-0.1, -0.05) is 29.0 Å². The summed E-state index contributed by atoms with van der Waals surface area (Å²) in [6, 6.07) is 11.3. The summed E-state index contributed by atoms with van der Waals surface area (Å²) >= 11 is 8.94. The summed E-state index contributed by atoms with van der Waals surface area (Å²) < 4.78 is 11.5. The fourth-order valence-corrected chi connectivity index (χ4v) is 6.08. The molecule has 1 fully saturated rings. The Balaban J connectivity index is 1.73. The minimum Gasteiger partial charge on any atom is -0.507 e. The van der Waals surface area contributed by atoms with E-state index in [1.807, 2.05) is 30.5 Å². The molecule has 2 aromatic carbocycles. The largest absolute Gasteiger partial charge is 0.507 e. The van der Waals surface area contributed by atoms with E-state index in [2.05, 4.69) is 4.98 Å². The molecule has 178 valence electrons. The van der Waals surface area contributed by atoms with Crippen molar-refractivity contribution in [3.63, 3.8) is 0 Å². The number of halogens is 1. The Morgan fingerprint density at radius 3 is 2.63 bits per heavy atom. The molecule has 1 N–H and O–H groups in total. The average molecular weight is 527 g/mol. The number of thiophene rings is 1. The second kappa shape index (κ2) is 8.99. The van der Waals surface area contributed by atoms with E-state index < -0.39 is 17.7 Å². The molecular weight excluding hydrogens is 508 g/mol. The van der Waals surface area contributed by atoms with Crippen LogP contribution in [0.25, 0.3) is 16.0 Å². The van der Waals surface area contributed by atoms with Crippen LogP contribution in [0.15, 0.2) is 53.4 Å². The zero-order chi connectivity index (χ0) is 24.9. The Morgan fingerprint density at radius 2 is 1.94 bits per heavy atom. The van der Waals surface area contributed by atoms with E-state index in [1.54, 1.807) is 24.3 Å². The second-order valence-corrected chi connectivity index (χ2v) is 10.2. The van der Waals surface area contributed by atoms with Crippen molar-refractivity contribution in [1.82, 2.24) is 4.98 Å². The molecule has 0 radical (unpaired) electrons. The molecule has 1 aliphatic heterocycles. The van der Waals surface area contributed by atoms with Crippen molar-refractivity contribution >= 4 is 67.1 Å². The first-order chi connectivity index (χ1) is 16.8. The maximum absolute atomic E-state index is 13.4. The van der Waals surface area contributed by atoms with E-state index >= 15 is 0 Å². The molecule has 1 atom stereocenters. The van der Waals surface area contributed by atoms with Gasteiger partial charge in [-0.15, -0.1) is 11.3 Å². The lowest BCUT2D eigenvalue weighted by Gasteiger charge is -2.21. The van der Waals surface area contributed by atoms with E-state index in [0.717, 1.165) is 10.3 Å². The quantitative estimate of drug-likeness (QED) is 0.196. The van der Waals surface area contributed by atoms with Crippen molar-refractivity contribution < 1.29 is 24.2 Å². The van der Waals surface area contributed by atoms with Gasteiger partial charge in [-0.2, -0.15) is 0 Å². The monoisotopic (exact) mass is 526 g/mol. The molecule has 5 rings (SSSR count). The van der Waals surface area contributed by atoms with Gasteiger partial charge in [0.05, 0.1) is 35.6 Å². The van der Waals surface area contributed by atoms with Gasteiger partial charge >= 0.3 is 5.91 Å². The summed E-state index contributed by atoms with van der Waals surface area (Å²) in [4.78, 5) is 33.4. The Morgan fingerprint density at radius 1 is 1.14 bits per heavy atom. The molecular formula is C25H19ClN2O5S2. The molecule has 1 saturated heterocycles. The van der Waals surface area contributed by atoms with E-state index in [1.165, 1.54) is 41.8 Å². The van der Waals surface area contributed by atoms with Crippen molar-refractivity contribution in [2.75, 3.05) is 19.1 Å². The van der Waals surface area contributed by atoms with Crippen molar-refractivity contribution in [2.45, 2.75) is 13.0 Å². The number of aromatic nitrogens is 1. The lowest BCUT2D eigenvalue weighted by molar-refractivity contribution is -0.132. The number of aliphatic hydroxyl groups is 1. The van der Waals surface area contributed by atoms with Crippen molar-refractivity contribution in [2.24, 2.45) is 0 Å². The van der Waals surface area contributed by atoms with Crippen molar-refractivity contribution in [3.05, 3.63) is 74.4 Å². The van der Waals surface area contributed by atoms with Gasteiger partial charge in [0.1, 0.15) is 23.3 Å². The zero-order valence-electron chi connectivity index (χ0n) is 18.9. The van der Waals surface area contributed by atoms with Crippen LogP contribution in [-0.4, -0.2) is 36.0 Å². The summed E-state index contributed by atoms with van der Waals surface area (Å²) in [5.74, 6) is -1.12. The number of amides is 1. The number of rotatable bonds is 5. The van der Waals surface area contributed by atoms with Crippen LogP contribution in [-0.2, 0) is 9.59 Å². The minimum atomic E-state index is -0.858. The summed E-state index contributed by atoms with van der Waals surface area (Å²) in [6.07, 6.45) is 0. The van der Waals surface area contributed by atoms with E-state index in [-0.39, 0.29) is 16.9 Å². The van der Waals surface area contributed by atoms with Crippen LogP contribution in [0.4, 0.5) is 5.13 Å². The number of carbonyl (C=O) groups is 2. The Bertz CT molecular complexity index is 1470. The predicted molar refractivity (Wildman–Crippen MR) is 138 cm³/mol. The third-order valence-corrected chi connectivity index (χ3v) is 8.13. The maximum Gasteiger partial charge on any atom is 0.301 e. The number of benzene rings is 2. The smallest absolute Gasteiger partial charge is 0.301 e. The first kappa shape index (κ1) is 23.3. The molecule has 10 heteroatoms. The summed E-state index contributed by atoms with van der Waals surface area (Å²) in [5.41, 5.74) is 1.72. The number of carbonyl (C=O) groups excluding carboxylic acids is 2. The Kier molecular flexibility index (Phi) is 6.00. The van der Waals surface area contributed by atoms with Crippen LogP contribution < -0.4 is 14.4 Å². The van der Waals surface area contributed by atoms with Crippen LogP contribution in [0, 0.1) is 6.92 Å². The molecule has 3 heterocycles. The second-order valence-electron chi connectivity index (χ2n) is 7.82. The number of hydrogen-bond donors (Lipinski definition) is 1. The average Bonchev–Trinajstić information content (AvgIpc) is 3.57. The molecule has 4 aromatic rings. The fourth-order valence-electron chi connectivity index (χ4n) is 4.03. The first-order valence-electron chi connectivity index (χ1n) is 10.5. The highest BCUT2D eigenvalue weighted by molar-refractivity contribution is 7.22. The summed E-state index contributed by atoms with van der Waals surface area (Å²) in [5, 5.41) is 14.2. The number of hydrogen-bond acceptors (Lipinski definition) is 8. The van der Waals surface area contributed by atoms with Gasteiger partial charge in [0.15, 0.2) is 5.13 Å². The lowest BCUT2D eigenvalue weighted by atomic mass is 9.99. The highest BCUT2D eigenvalue weighted by Crippen LogP contribution is 2.46. The standard InChI is InChI=1S/C25H19ClN2O5S2/c1-12-9-19-16(11-15(12)26)27-25(35-19)28-21(18-5-4-8-34-18)20(23(30)24(28)31)22(29)14-10-13(32-2)6-7-17(14)33-3/h4-11,21,29H,1-3H3/b22-20+.